The topological polar surface area (TPSA) is 69.6 Å². The lowest BCUT2D eigenvalue weighted by Gasteiger charge is -2.08. The Morgan fingerprint density at radius 2 is 2.00 bits per heavy atom. The number of hydrogen-bond donors (Lipinski definition) is 1. The summed E-state index contributed by atoms with van der Waals surface area (Å²) in [5, 5.41) is 12.0. The molecule has 0 saturated carbocycles. The summed E-state index contributed by atoms with van der Waals surface area (Å²) in [5.41, 5.74) is 8.08. The number of anilines is 1. The van der Waals surface area contributed by atoms with Crippen molar-refractivity contribution in [2.24, 2.45) is 0 Å². The van der Waals surface area contributed by atoms with Gasteiger partial charge in [-0.2, -0.15) is 4.68 Å². The molecule has 21 heavy (non-hydrogen) atoms. The smallest absolute Gasteiger partial charge is 0.187 e. The molecule has 0 bridgehead atoms. The van der Waals surface area contributed by atoms with Crippen LogP contribution in [-0.2, 0) is 0 Å². The van der Waals surface area contributed by atoms with Crippen LogP contribution in [0.3, 0.4) is 0 Å². The molecular formula is C14H11ClFN5. The molecule has 1 heterocycles. The van der Waals surface area contributed by atoms with Crippen LogP contribution in [0.15, 0.2) is 36.4 Å². The minimum Gasteiger partial charge on any atom is -0.399 e. The van der Waals surface area contributed by atoms with Crippen molar-refractivity contribution < 1.29 is 4.39 Å². The van der Waals surface area contributed by atoms with E-state index in [4.69, 9.17) is 17.3 Å². The maximum absolute atomic E-state index is 13.5. The second kappa shape index (κ2) is 5.14. The third-order valence-corrected chi connectivity index (χ3v) is 3.30. The molecule has 0 unspecified atom stereocenters. The predicted molar refractivity (Wildman–Crippen MR) is 78.7 cm³/mol. The maximum atomic E-state index is 13.5. The summed E-state index contributed by atoms with van der Waals surface area (Å²) >= 11 is 6.19. The standard InChI is InChI=1S/C14H11ClFN5/c1-8-2-3-12(15)13(4-8)21-14(18-19-20-21)9-5-10(16)7-11(17)6-9/h2-7H,17H2,1H3. The first-order chi connectivity index (χ1) is 10.0. The number of nitrogens with two attached hydrogens (primary N) is 1. The fourth-order valence-corrected chi connectivity index (χ4v) is 2.25. The Balaban J connectivity index is 2.19. The molecule has 106 valence electrons. The van der Waals surface area contributed by atoms with E-state index in [2.05, 4.69) is 15.5 Å². The first kappa shape index (κ1) is 13.5. The quantitative estimate of drug-likeness (QED) is 0.739. The monoisotopic (exact) mass is 303 g/mol. The molecule has 2 N–H and O–H groups in total. The molecule has 0 aliphatic heterocycles. The van der Waals surface area contributed by atoms with Gasteiger partial charge in [0.25, 0.3) is 0 Å². The first-order valence-electron chi connectivity index (χ1n) is 6.16. The minimum atomic E-state index is -0.449. The van der Waals surface area contributed by atoms with Crippen LogP contribution in [0.4, 0.5) is 10.1 Å². The Morgan fingerprint density at radius 3 is 2.76 bits per heavy atom. The highest BCUT2D eigenvalue weighted by atomic mass is 35.5. The van der Waals surface area contributed by atoms with Crippen molar-refractivity contribution in [1.29, 1.82) is 0 Å². The van der Waals surface area contributed by atoms with Gasteiger partial charge in [0.1, 0.15) is 5.82 Å². The molecule has 1 aromatic heterocycles. The molecule has 3 aromatic rings. The zero-order chi connectivity index (χ0) is 15.0. The summed E-state index contributed by atoms with van der Waals surface area (Å²) in [6, 6.07) is 9.66. The van der Waals surface area contributed by atoms with Crippen molar-refractivity contribution in [2.75, 3.05) is 5.73 Å². The Hall–Kier alpha value is -2.47. The fraction of sp³-hybridized carbons (Fsp3) is 0.0714. The molecule has 0 radical (unpaired) electrons. The van der Waals surface area contributed by atoms with E-state index in [-0.39, 0.29) is 0 Å². The Labute approximate surface area is 125 Å². The summed E-state index contributed by atoms with van der Waals surface area (Å²) in [6.07, 6.45) is 0. The number of aromatic nitrogens is 4. The highest BCUT2D eigenvalue weighted by Gasteiger charge is 2.14. The van der Waals surface area contributed by atoms with Crippen LogP contribution in [0.2, 0.25) is 5.02 Å². The normalized spacial score (nSPS) is 10.8. The van der Waals surface area contributed by atoms with Crippen LogP contribution in [0.5, 0.6) is 0 Å². The SMILES string of the molecule is Cc1ccc(Cl)c(-n2nnnc2-c2cc(N)cc(F)c2)c1. The number of rotatable bonds is 2. The highest BCUT2D eigenvalue weighted by molar-refractivity contribution is 6.32. The zero-order valence-electron chi connectivity index (χ0n) is 11.1. The highest BCUT2D eigenvalue weighted by Crippen LogP contribution is 2.27. The first-order valence-corrected chi connectivity index (χ1v) is 6.54. The summed E-state index contributed by atoms with van der Waals surface area (Å²) in [6.45, 7) is 1.93. The molecule has 3 rings (SSSR count). The van der Waals surface area contributed by atoms with Crippen molar-refractivity contribution in [1.82, 2.24) is 20.2 Å². The van der Waals surface area contributed by atoms with Gasteiger partial charge in [-0.3, -0.25) is 0 Å². The molecule has 2 aromatic carbocycles. The lowest BCUT2D eigenvalue weighted by atomic mass is 10.1. The van der Waals surface area contributed by atoms with E-state index < -0.39 is 5.82 Å². The Bertz CT molecular complexity index is 795. The number of halogens is 2. The average molecular weight is 304 g/mol. The van der Waals surface area contributed by atoms with Crippen LogP contribution >= 0.6 is 11.6 Å². The molecule has 0 fully saturated rings. The molecule has 0 amide bonds. The number of nitrogen functional groups attached to an aromatic ring is 1. The van der Waals surface area contributed by atoms with E-state index in [0.717, 1.165) is 5.56 Å². The lowest BCUT2D eigenvalue weighted by molar-refractivity contribution is 0.628. The van der Waals surface area contributed by atoms with E-state index in [9.17, 15) is 4.39 Å². The minimum absolute atomic E-state index is 0.301. The van der Waals surface area contributed by atoms with E-state index in [0.29, 0.717) is 27.8 Å². The number of aryl methyl sites for hydroxylation is 1. The number of benzene rings is 2. The van der Waals surface area contributed by atoms with Gasteiger partial charge in [-0.05, 0) is 53.2 Å². The average Bonchev–Trinajstić information content (AvgIpc) is 2.89. The zero-order valence-corrected chi connectivity index (χ0v) is 11.8. The number of tetrazole rings is 1. The molecule has 0 aliphatic carbocycles. The van der Waals surface area contributed by atoms with Crippen LogP contribution in [0, 0.1) is 12.7 Å². The third kappa shape index (κ3) is 2.57. The van der Waals surface area contributed by atoms with Gasteiger partial charge in [-0.15, -0.1) is 5.10 Å². The Kier molecular flexibility index (Phi) is 3.31. The number of hydrogen-bond acceptors (Lipinski definition) is 4. The maximum Gasteiger partial charge on any atom is 0.187 e. The summed E-state index contributed by atoms with van der Waals surface area (Å²) in [7, 11) is 0. The van der Waals surface area contributed by atoms with Gasteiger partial charge in [-0.25, -0.2) is 4.39 Å². The van der Waals surface area contributed by atoms with Gasteiger partial charge >= 0.3 is 0 Å². The number of nitrogens with zero attached hydrogens (tertiary/aromatic N) is 4. The van der Waals surface area contributed by atoms with E-state index >= 15 is 0 Å². The van der Waals surface area contributed by atoms with Gasteiger partial charge < -0.3 is 5.73 Å². The Morgan fingerprint density at radius 1 is 1.19 bits per heavy atom. The van der Waals surface area contributed by atoms with Gasteiger partial charge in [0.15, 0.2) is 5.82 Å². The summed E-state index contributed by atoms with van der Waals surface area (Å²) in [4.78, 5) is 0. The third-order valence-electron chi connectivity index (χ3n) is 2.98. The molecule has 0 atom stereocenters. The fourth-order valence-electron chi connectivity index (χ4n) is 2.06. The van der Waals surface area contributed by atoms with Crippen molar-refractivity contribution in [2.45, 2.75) is 6.92 Å². The van der Waals surface area contributed by atoms with Crippen LogP contribution in [0.25, 0.3) is 17.1 Å². The van der Waals surface area contributed by atoms with Crippen LogP contribution in [-0.4, -0.2) is 20.2 Å². The van der Waals surface area contributed by atoms with Crippen LogP contribution < -0.4 is 5.73 Å². The van der Waals surface area contributed by atoms with Gasteiger partial charge in [0.2, 0.25) is 0 Å². The van der Waals surface area contributed by atoms with Gasteiger partial charge in [0, 0.05) is 11.3 Å². The summed E-state index contributed by atoms with van der Waals surface area (Å²) in [5.74, 6) is -0.0800. The lowest BCUT2D eigenvalue weighted by Crippen LogP contribution is -2.02. The molecule has 5 nitrogen and oxygen atoms in total. The molecule has 7 heteroatoms. The molecule has 0 aliphatic rings. The van der Waals surface area contributed by atoms with Crippen molar-refractivity contribution >= 4 is 17.3 Å². The second-order valence-electron chi connectivity index (χ2n) is 4.64. The summed E-state index contributed by atoms with van der Waals surface area (Å²) < 4.78 is 15.0. The van der Waals surface area contributed by atoms with E-state index in [1.165, 1.54) is 16.8 Å². The van der Waals surface area contributed by atoms with Crippen LogP contribution in [0.1, 0.15) is 5.56 Å². The molecular weight excluding hydrogens is 293 g/mol. The molecule has 0 spiro atoms. The van der Waals surface area contributed by atoms with E-state index in [1.807, 2.05) is 19.1 Å². The van der Waals surface area contributed by atoms with E-state index in [1.54, 1.807) is 12.1 Å². The predicted octanol–water partition coefficient (Wildman–Crippen LogP) is 3.01. The molecule has 0 saturated heterocycles. The van der Waals surface area contributed by atoms with Crippen molar-refractivity contribution in [3.8, 4) is 17.1 Å². The van der Waals surface area contributed by atoms with Gasteiger partial charge in [-0.1, -0.05) is 17.7 Å². The van der Waals surface area contributed by atoms with Gasteiger partial charge in [0.05, 0.1) is 10.7 Å². The largest absolute Gasteiger partial charge is 0.399 e. The van der Waals surface area contributed by atoms with Crippen molar-refractivity contribution in [3.63, 3.8) is 0 Å². The second-order valence-corrected chi connectivity index (χ2v) is 5.05. The van der Waals surface area contributed by atoms with Crippen molar-refractivity contribution in [3.05, 3.63) is 52.8 Å².